The molecule has 1 aliphatic heterocycles. The van der Waals surface area contributed by atoms with Crippen LogP contribution in [0.1, 0.15) is 71.3 Å². The minimum absolute atomic E-state index is 0.0216. The average molecular weight is 915 g/mol. The van der Waals surface area contributed by atoms with Gasteiger partial charge in [-0.2, -0.15) is 0 Å². The van der Waals surface area contributed by atoms with Crippen molar-refractivity contribution in [2.24, 2.45) is 0 Å². The molecule has 3 aliphatic carbocycles. The molecule has 334 valence electrons. The molecular weight excluding hydrogens is 865 g/mol. The van der Waals surface area contributed by atoms with Gasteiger partial charge in [0.15, 0.2) is 0 Å². The van der Waals surface area contributed by atoms with E-state index < -0.39 is 5.41 Å². The smallest absolute Gasteiger partial charge is 0.0713 e. The Morgan fingerprint density at radius 2 is 1.17 bits per heavy atom. The fourth-order valence-electron chi connectivity index (χ4n) is 13.0. The number of fused-ring (bicyclic) bond motifs is 11. The van der Waals surface area contributed by atoms with Crippen LogP contribution in [0.4, 0.5) is 11.4 Å². The minimum Gasteiger partial charge on any atom is -0.333 e. The van der Waals surface area contributed by atoms with Gasteiger partial charge in [0.25, 0.3) is 0 Å². The van der Waals surface area contributed by atoms with Crippen LogP contribution in [0.5, 0.6) is 0 Å². The van der Waals surface area contributed by atoms with Crippen LogP contribution in [0.25, 0.3) is 50.0 Å². The Hall–Kier alpha value is -7.85. The molecule has 4 aliphatic rings. The van der Waals surface area contributed by atoms with Crippen LogP contribution in [0, 0.1) is 0 Å². The number of aromatic nitrogens is 1. The Bertz CT molecular complexity index is 3710. The van der Waals surface area contributed by atoms with Crippen molar-refractivity contribution in [3.05, 3.63) is 287 Å². The number of hydrogen-bond donors (Lipinski definition) is 0. The molecule has 0 fully saturated rings. The maximum atomic E-state index is 2.64. The van der Waals surface area contributed by atoms with Crippen molar-refractivity contribution in [1.29, 1.82) is 0 Å². The molecule has 2 heterocycles. The van der Waals surface area contributed by atoms with E-state index in [-0.39, 0.29) is 17.4 Å². The maximum absolute atomic E-state index is 2.64. The standard InChI is InChI=1S/C67H50N2S/c1-44-64(68(49-25-11-5-12-26-49)51-36-37-58-55(43-51)52-29-17-18-32-57(52)67(58,47-21-7-3-8-22-47)48-23-9-4-10-24-48)54-31-16-15-30-53(54)63-56-41-45(34-38-60(56)69(65(44)63)50-27-13-6-14-28-50)46-35-39-61-59(42-46)66(2)40-20-19-33-62(66)70-61/h3-39,41-44,64H,40H2,1-2H3. The summed E-state index contributed by atoms with van der Waals surface area (Å²) in [5.41, 5.74) is 21.3. The Morgan fingerprint density at radius 3 is 1.93 bits per heavy atom. The van der Waals surface area contributed by atoms with E-state index in [4.69, 9.17) is 0 Å². The quantitative estimate of drug-likeness (QED) is 0.157. The Morgan fingerprint density at radius 1 is 0.543 bits per heavy atom. The third-order valence-electron chi connectivity index (χ3n) is 16.1. The van der Waals surface area contributed by atoms with E-state index in [1.54, 1.807) is 0 Å². The molecule has 14 rings (SSSR count). The summed E-state index contributed by atoms with van der Waals surface area (Å²) < 4.78 is 2.57. The lowest BCUT2D eigenvalue weighted by atomic mass is 9.68. The zero-order valence-corrected chi connectivity index (χ0v) is 40.1. The minimum atomic E-state index is -0.469. The first-order valence-electron chi connectivity index (χ1n) is 24.8. The third-order valence-corrected chi connectivity index (χ3v) is 17.5. The van der Waals surface area contributed by atoms with Crippen molar-refractivity contribution in [3.63, 3.8) is 0 Å². The molecule has 3 unspecified atom stereocenters. The third kappa shape index (κ3) is 5.88. The molecule has 9 aromatic carbocycles. The number of benzene rings is 9. The highest BCUT2D eigenvalue weighted by Gasteiger charge is 2.47. The van der Waals surface area contributed by atoms with Gasteiger partial charge in [-0.25, -0.2) is 0 Å². The van der Waals surface area contributed by atoms with E-state index in [2.05, 4.69) is 266 Å². The summed E-state index contributed by atoms with van der Waals surface area (Å²) in [6, 6.07) is 84.4. The number of para-hydroxylation sites is 2. The van der Waals surface area contributed by atoms with Crippen LogP contribution in [0.3, 0.4) is 0 Å². The van der Waals surface area contributed by atoms with Crippen molar-refractivity contribution in [3.8, 4) is 39.1 Å². The van der Waals surface area contributed by atoms with Crippen molar-refractivity contribution in [2.45, 2.75) is 48.0 Å². The highest BCUT2D eigenvalue weighted by Crippen LogP contribution is 2.60. The molecule has 0 saturated heterocycles. The van der Waals surface area contributed by atoms with Gasteiger partial charge in [-0.15, -0.1) is 0 Å². The second-order valence-corrected chi connectivity index (χ2v) is 20.8. The van der Waals surface area contributed by atoms with Crippen molar-refractivity contribution in [1.82, 2.24) is 4.57 Å². The van der Waals surface area contributed by atoms with Crippen molar-refractivity contribution >= 4 is 34.0 Å². The molecule has 1 aromatic heterocycles. The first-order chi connectivity index (χ1) is 34.5. The molecule has 0 amide bonds. The Labute approximate surface area is 414 Å². The lowest BCUT2D eigenvalue weighted by molar-refractivity contribution is 0.557. The molecule has 0 saturated carbocycles. The number of thioether (sulfide) groups is 1. The summed E-state index contributed by atoms with van der Waals surface area (Å²) in [6.07, 6.45) is 7.90. The van der Waals surface area contributed by atoms with Gasteiger partial charge in [0.2, 0.25) is 0 Å². The lowest BCUT2D eigenvalue weighted by Crippen LogP contribution is -2.32. The summed E-state index contributed by atoms with van der Waals surface area (Å²) >= 11 is 1.94. The van der Waals surface area contributed by atoms with Crippen LogP contribution < -0.4 is 4.90 Å². The summed E-state index contributed by atoms with van der Waals surface area (Å²) in [5, 5.41) is 1.29. The first-order valence-corrected chi connectivity index (χ1v) is 25.6. The van der Waals surface area contributed by atoms with Gasteiger partial charge in [-0.1, -0.05) is 208 Å². The van der Waals surface area contributed by atoms with E-state index in [9.17, 15) is 0 Å². The van der Waals surface area contributed by atoms with Gasteiger partial charge in [0.05, 0.1) is 17.0 Å². The van der Waals surface area contributed by atoms with Crippen molar-refractivity contribution in [2.75, 3.05) is 4.90 Å². The van der Waals surface area contributed by atoms with Gasteiger partial charge in [0, 0.05) is 54.8 Å². The summed E-state index contributed by atoms with van der Waals surface area (Å²) in [5.74, 6) is 0.0657. The summed E-state index contributed by atoms with van der Waals surface area (Å²) in [6.45, 7) is 4.89. The van der Waals surface area contributed by atoms with E-state index >= 15 is 0 Å². The van der Waals surface area contributed by atoms with Gasteiger partial charge >= 0.3 is 0 Å². The van der Waals surface area contributed by atoms with E-state index in [0.29, 0.717) is 0 Å². The average Bonchev–Trinajstić information content (AvgIpc) is 4.04. The Kier molecular flexibility index (Phi) is 9.32. The zero-order valence-electron chi connectivity index (χ0n) is 39.3. The first kappa shape index (κ1) is 41.2. The van der Waals surface area contributed by atoms with Gasteiger partial charge in [-0.05, 0) is 128 Å². The second-order valence-electron chi connectivity index (χ2n) is 19.8. The monoisotopic (exact) mass is 914 g/mol. The predicted molar refractivity (Wildman–Crippen MR) is 293 cm³/mol. The van der Waals surface area contributed by atoms with E-state index in [1.807, 2.05) is 11.8 Å². The second kappa shape index (κ2) is 15.8. The molecule has 0 N–H and O–H groups in total. The molecule has 2 nitrogen and oxygen atoms in total. The van der Waals surface area contributed by atoms with Crippen LogP contribution in [-0.2, 0) is 10.8 Å². The van der Waals surface area contributed by atoms with Crippen LogP contribution in [0.15, 0.2) is 252 Å². The van der Waals surface area contributed by atoms with Gasteiger partial charge < -0.3 is 9.47 Å². The molecular formula is C67H50N2S. The van der Waals surface area contributed by atoms with Crippen LogP contribution >= 0.6 is 11.8 Å². The maximum Gasteiger partial charge on any atom is 0.0713 e. The molecule has 0 bridgehead atoms. The zero-order chi connectivity index (χ0) is 46.6. The van der Waals surface area contributed by atoms with Crippen LogP contribution in [0.2, 0.25) is 0 Å². The molecule has 10 aromatic rings. The topological polar surface area (TPSA) is 8.17 Å². The van der Waals surface area contributed by atoms with E-state index in [1.165, 1.54) is 110 Å². The Balaban J connectivity index is 0.977. The van der Waals surface area contributed by atoms with Gasteiger partial charge in [-0.3, -0.25) is 0 Å². The number of allylic oxidation sites excluding steroid dienone is 4. The predicted octanol–water partition coefficient (Wildman–Crippen LogP) is 17.5. The van der Waals surface area contributed by atoms with Gasteiger partial charge in [0.1, 0.15) is 0 Å². The molecule has 0 radical (unpaired) electrons. The van der Waals surface area contributed by atoms with Crippen LogP contribution in [-0.4, -0.2) is 4.57 Å². The fraction of sp³-hybridized carbons (Fsp3) is 0.104. The number of rotatable bonds is 7. The number of nitrogens with zero attached hydrogens (tertiary/aromatic N) is 2. The molecule has 3 atom stereocenters. The number of hydrogen-bond acceptors (Lipinski definition) is 2. The SMILES string of the molecule is CC1c2c(c3cc(-c4ccc5c(c4)C4(C)CC=CC=C4S5)ccc3n2-c2ccccc2)-c2ccccc2C1N(c1ccccc1)c1ccc2c(c1)-c1ccccc1C2(c1ccccc1)c1ccccc1. The molecule has 70 heavy (non-hydrogen) atoms. The summed E-state index contributed by atoms with van der Waals surface area (Å²) in [7, 11) is 0. The summed E-state index contributed by atoms with van der Waals surface area (Å²) in [4.78, 5) is 5.48. The normalized spacial score (nSPS) is 18.8. The fourth-order valence-corrected chi connectivity index (χ4v) is 14.3. The molecule has 3 heteroatoms. The number of anilines is 2. The van der Waals surface area contributed by atoms with E-state index in [0.717, 1.165) is 6.42 Å². The highest BCUT2D eigenvalue weighted by atomic mass is 32.2. The van der Waals surface area contributed by atoms with Crippen molar-refractivity contribution < 1.29 is 0 Å². The largest absolute Gasteiger partial charge is 0.333 e. The molecule has 0 spiro atoms. The highest BCUT2D eigenvalue weighted by molar-refractivity contribution is 8.03. The lowest BCUT2D eigenvalue weighted by Gasteiger charge is -2.42.